The summed E-state index contributed by atoms with van der Waals surface area (Å²) in [5.74, 6) is 1.65. The molecule has 0 saturated carbocycles. The lowest BCUT2D eigenvalue weighted by molar-refractivity contribution is 0.0949. The van der Waals surface area contributed by atoms with Gasteiger partial charge in [-0.2, -0.15) is 15.0 Å². The van der Waals surface area contributed by atoms with Gasteiger partial charge in [0, 0.05) is 26.1 Å². The Labute approximate surface area is 140 Å². The van der Waals surface area contributed by atoms with E-state index in [0.717, 1.165) is 17.7 Å². The van der Waals surface area contributed by atoms with Crippen LogP contribution >= 0.6 is 0 Å². The number of amides is 1. The maximum atomic E-state index is 12.3. The van der Waals surface area contributed by atoms with Gasteiger partial charge in [-0.1, -0.05) is 0 Å². The molecule has 3 rings (SSSR count). The summed E-state index contributed by atoms with van der Waals surface area (Å²) in [7, 11) is 3.62. The van der Waals surface area contributed by atoms with E-state index in [0.29, 0.717) is 17.3 Å². The number of carbonyl (C=O) groups is 1. The van der Waals surface area contributed by atoms with Crippen molar-refractivity contribution in [2.24, 2.45) is 0 Å². The first kappa shape index (κ1) is 16.0. The molecule has 1 aromatic carbocycles. The summed E-state index contributed by atoms with van der Waals surface area (Å²) < 4.78 is 5.64. The highest BCUT2D eigenvalue weighted by Gasteiger charge is 2.20. The number of rotatable bonds is 4. The van der Waals surface area contributed by atoms with E-state index in [1.165, 1.54) is 0 Å². The monoisotopic (exact) mass is 328 g/mol. The molecular weight excluding hydrogens is 308 g/mol. The molecule has 0 fully saturated rings. The summed E-state index contributed by atoms with van der Waals surface area (Å²) in [6.45, 7) is 2.18. The molecule has 2 aromatic rings. The second kappa shape index (κ2) is 6.31. The molecule has 1 atom stereocenters. The van der Waals surface area contributed by atoms with Gasteiger partial charge in [0.2, 0.25) is 11.9 Å². The zero-order valence-corrected chi connectivity index (χ0v) is 13.9. The van der Waals surface area contributed by atoms with Crippen LogP contribution in [0.4, 0.5) is 11.9 Å². The molecular formula is C16H20N6O2. The first-order valence-corrected chi connectivity index (χ1v) is 7.68. The van der Waals surface area contributed by atoms with Crippen LogP contribution in [0.15, 0.2) is 18.2 Å². The molecule has 24 heavy (non-hydrogen) atoms. The number of hydrogen-bond donors (Lipinski definition) is 2. The third-order valence-electron chi connectivity index (χ3n) is 3.65. The number of hydrogen-bond acceptors (Lipinski definition) is 7. The summed E-state index contributed by atoms with van der Waals surface area (Å²) in [6.07, 6.45) is 0.961. The minimum absolute atomic E-state index is 0.126. The summed E-state index contributed by atoms with van der Waals surface area (Å²) in [6, 6.07) is 5.44. The maximum absolute atomic E-state index is 12.3. The normalized spacial score (nSPS) is 15.5. The second-order valence-corrected chi connectivity index (χ2v) is 5.94. The lowest BCUT2D eigenvalue weighted by Crippen LogP contribution is -2.25. The highest BCUT2D eigenvalue weighted by molar-refractivity contribution is 5.94. The highest BCUT2D eigenvalue weighted by Crippen LogP contribution is 2.29. The third kappa shape index (κ3) is 3.37. The molecule has 0 spiro atoms. The van der Waals surface area contributed by atoms with Crippen molar-refractivity contribution in [2.45, 2.75) is 26.0 Å². The van der Waals surface area contributed by atoms with Crippen LogP contribution in [0, 0.1) is 0 Å². The van der Waals surface area contributed by atoms with Crippen molar-refractivity contribution in [3.63, 3.8) is 0 Å². The molecule has 0 bridgehead atoms. The Balaban J connectivity index is 1.69. The number of anilines is 2. The summed E-state index contributed by atoms with van der Waals surface area (Å²) in [5.41, 5.74) is 7.31. The summed E-state index contributed by atoms with van der Waals surface area (Å²) in [5, 5.41) is 2.80. The van der Waals surface area contributed by atoms with Crippen molar-refractivity contribution in [1.82, 2.24) is 20.3 Å². The molecule has 3 N–H and O–H groups in total. The Morgan fingerprint density at radius 3 is 2.92 bits per heavy atom. The first-order valence-electron chi connectivity index (χ1n) is 7.68. The Hall–Kier alpha value is -2.90. The largest absolute Gasteiger partial charge is 0.490 e. The van der Waals surface area contributed by atoms with Crippen molar-refractivity contribution < 1.29 is 9.53 Å². The number of nitrogen functional groups attached to an aromatic ring is 1. The molecule has 0 unspecified atom stereocenters. The Bertz CT molecular complexity index is 777. The molecule has 126 valence electrons. The van der Waals surface area contributed by atoms with Crippen LogP contribution in [0.2, 0.25) is 0 Å². The Morgan fingerprint density at radius 1 is 1.38 bits per heavy atom. The van der Waals surface area contributed by atoms with Gasteiger partial charge in [0.1, 0.15) is 11.9 Å². The molecule has 8 nitrogen and oxygen atoms in total. The topological polar surface area (TPSA) is 106 Å². The van der Waals surface area contributed by atoms with Crippen LogP contribution in [0.25, 0.3) is 0 Å². The van der Waals surface area contributed by atoms with Gasteiger partial charge in [-0.3, -0.25) is 4.79 Å². The van der Waals surface area contributed by atoms with E-state index in [4.69, 9.17) is 10.5 Å². The molecule has 1 aromatic heterocycles. The fraction of sp³-hybridized carbons (Fsp3) is 0.375. The maximum Gasteiger partial charge on any atom is 0.251 e. The summed E-state index contributed by atoms with van der Waals surface area (Å²) in [4.78, 5) is 26.4. The average Bonchev–Trinajstić information content (AvgIpc) is 2.91. The smallest absolute Gasteiger partial charge is 0.251 e. The SMILES string of the molecule is C[C@@H]1Cc2cc(C(=O)NCc3nc(N)nc(N(C)C)n3)ccc2O1. The molecule has 8 heteroatoms. The predicted octanol–water partition coefficient (Wildman–Crippen LogP) is 0.773. The van der Waals surface area contributed by atoms with Crippen LogP contribution in [-0.2, 0) is 13.0 Å². The van der Waals surface area contributed by atoms with Gasteiger partial charge < -0.3 is 20.7 Å². The second-order valence-electron chi connectivity index (χ2n) is 5.94. The van der Waals surface area contributed by atoms with E-state index >= 15 is 0 Å². The van der Waals surface area contributed by atoms with E-state index in [1.807, 2.05) is 33.2 Å². The van der Waals surface area contributed by atoms with E-state index in [9.17, 15) is 4.79 Å². The first-order chi connectivity index (χ1) is 11.4. The number of ether oxygens (including phenoxy) is 1. The number of nitrogens with one attached hydrogen (secondary N) is 1. The standard InChI is InChI=1S/C16H20N6O2/c1-9-6-11-7-10(4-5-12(11)24-9)14(23)18-8-13-19-15(17)21-16(20-13)22(2)3/h4-5,7,9H,6,8H2,1-3H3,(H,18,23)(H2,17,19,20,21)/t9-/m1/s1. The average molecular weight is 328 g/mol. The van der Waals surface area contributed by atoms with Crippen molar-refractivity contribution >= 4 is 17.8 Å². The number of carbonyl (C=O) groups excluding carboxylic acids is 1. The quantitative estimate of drug-likeness (QED) is 0.854. The molecule has 1 amide bonds. The molecule has 0 saturated heterocycles. The molecule has 1 aliphatic heterocycles. The van der Waals surface area contributed by atoms with Gasteiger partial charge >= 0.3 is 0 Å². The number of nitrogens with zero attached hydrogens (tertiary/aromatic N) is 4. The van der Waals surface area contributed by atoms with Crippen LogP contribution < -0.4 is 20.7 Å². The van der Waals surface area contributed by atoms with Gasteiger partial charge in [0.05, 0.1) is 6.54 Å². The lowest BCUT2D eigenvalue weighted by atomic mass is 10.1. The number of fused-ring (bicyclic) bond motifs is 1. The fourth-order valence-corrected chi connectivity index (χ4v) is 2.53. The predicted molar refractivity (Wildman–Crippen MR) is 90.0 cm³/mol. The zero-order chi connectivity index (χ0) is 17.3. The summed E-state index contributed by atoms with van der Waals surface area (Å²) >= 11 is 0. The Morgan fingerprint density at radius 2 is 2.17 bits per heavy atom. The number of benzene rings is 1. The van der Waals surface area contributed by atoms with E-state index in [2.05, 4.69) is 20.3 Å². The fourth-order valence-electron chi connectivity index (χ4n) is 2.53. The van der Waals surface area contributed by atoms with Gasteiger partial charge in [0.25, 0.3) is 5.91 Å². The van der Waals surface area contributed by atoms with E-state index in [1.54, 1.807) is 11.0 Å². The Kier molecular flexibility index (Phi) is 4.20. The minimum atomic E-state index is -0.192. The van der Waals surface area contributed by atoms with Crippen LogP contribution in [-0.4, -0.2) is 41.1 Å². The van der Waals surface area contributed by atoms with Crippen LogP contribution in [0.3, 0.4) is 0 Å². The van der Waals surface area contributed by atoms with Gasteiger partial charge in [0.15, 0.2) is 5.82 Å². The highest BCUT2D eigenvalue weighted by atomic mass is 16.5. The zero-order valence-electron chi connectivity index (χ0n) is 13.9. The number of aromatic nitrogens is 3. The van der Waals surface area contributed by atoms with Gasteiger partial charge in [-0.05, 0) is 30.7 Å². The van der Waals surface area contributed by atoms with Gasteiger partial charge in [-0.15, -0.1) is 0 Å². The van der Waals surface area contributed by atoms with Crippen LogP contribution in [0.5, 0.6) is 5.75 Å². The number of nitrogens with two attached hydrogens (primary N) is 1. The van der Waals surface area contributed by atoms with Crippen molar-refractivity contribution in [3.05, 3.63) is 35.2 Å². The molecule has 0 aliphatic carbocycles. The van der Waals surface area contributed by atoms with Gasteiger partial charge in [-0.25, -0.2) is 0 Å². The van der Waals surface area contributed by atoms with Crippen molar-refractivity contribution in [2.75, 3.05) is 24.7 Å². The minimum Gasteiger partial charge on any atom is -0.490 e. The van der Waals surface area contributed by atoms with E-state index in [-0.39, 0.29) is 24.5 Å². The third-order valence-corrected chi connectivity index (χ3v) is 3.65. The van der Waals surface area contributed by atoms with E-state index < -0.39 is 0 Å². The van der Waals surface area contributed by atoms with Crippen molar-refractivity contribution in [1.29, 1.82) is 0 Å². The van der Waals surface area contributed by atoms with Crippen LogP contribution in [0.1, 0.15) is 28.7 Å². The lowest BCUT2D eigenvalue weighted by Gasteiger charge is -2.12. The van der Waals surface area contributed by atoms with Crippen molar-refractivity contribution in [3.8, 4) is 5.75 Å². The molecule has 0 radical (unpaired) electrons. The molecule has 2 heterocycles. The molecule has 1 aliphatic rings.